The average Bonchev–Trinajstić information content (AvgIpc) is 3.16. The van der Waals surface area contributed by atoms with Crippen LogP contribution in [0.25, 0.3) is 0 Å². The van der Waals surface area contributed by atoms with Crippen molar-refractivity contribution in [2.24, 2.45) is 40.4 Å². The van der Waals surface area contributed by atoms with Crippen LogP contribution < -0.4 is 5.32 Å². The molecule has 0 spiro atoms. The Morgan fingerprint density at radius 1 is 0.973 bits per heavy atom. The molecule has 8 atom stereocenters. The predicted molar refractivity (Wildman–Crippen MR) is 122 cm³/mol. The zero-order chi connectivity index (χ0) is 27.8. The molecule has 4 rings (SSSR count). The van der Waals surface area contributed by atoms with E-state index in [0.717, 1.165) is 44.9 Å². The summed E-state index contributed by atoms with van der Waals surface area (Å²) in [4.78, 5) is 26.0. The summed E-state index contributed by atoms with van der Waals surface area (Å²) in [5, 5.41) is 1.69. The van der Waals surface area contributed by atoms with Crippen LogP contribution in [0.1, 0.15) is 72.1 Å². The third-order valence-electron chi connectivity index (χ3n) is 10.9. The van der Waals surface area contributed by atoms with Gasteiger partial charge in [0.05, 0.1) is 0 Å². The number of alkyl halides is 7. The van der Waals surface area contributed by atoms with E-state index < -0.39 is 30.5 Å². The van der Waals surface area contributed by atoms with E-state index in [1.165, 1.54) is 0 Å². The van der Waals surface area contributed by atoms with Crippen LogP contribution >= 0.6 is 0 Å². The summed E-state index contributed by atoms with van der Waals surface area (Å²) in [5.41, 5.74) is -0.0940. The van der Waals surface area contributed by atoms with Crippen molar-refractivity contribution in [2.45, 2.75) is 96.2 Å². The highest BCUT2D eigenvalue weighted by Gasteiger charge is 2.76. The molecule has 4 aliphatic rings. The van der Waals surface area contributed by atoms with E-state index in [9.17, 15) is 40.3 Å². The SMILES string of the molecule is CC(CNC(=O)C(F)(F)C(F)(F)C(F)(F)F)[C@H]1CC[C@H]2[C@@H]3CC[C@H]4N(C)C(=O)CC[C@]4(C)[C@H]3CC[C@]12C. The lowest BCUT2D eigenvalue weighted by atomic mass is 9.46. The van der Waals surface area contributed by atoms with Gasteiger partial charge in [-0.1, -0.05) is 20.8 Å². The fraction of sp³-hybridized carbons (Fsp3) is 0.923. The maximum absolute atomic E-state index is 13.8. The Balaban J connectivity index is 1.44. The molecule has 0 aromatic carbocycles. The Labute approximate surface area is 213 Å². The molecule has 0 aromatic rings. The zero-order valence-electron chi connectivity index (χ0n) is 21.7. The highest BCUT2D eigenvalue weighted by Crippen LogP contribution is 2.67. The number of fused-ring (bicyclic) bond motifs is 5. The smallest absolute Gasteiger partial charge is 0.350 e. The molecular weight excluding hydrogens is 505 g/mol. The summed E-state index contributed by atoms with van der Waals surface area (Å²) < 4.78 is 91.4. The Morgan fingerprint density at radius 2 is 1.59 bits per heavy atom. The lowest BCUT2D eigenvalue weighted by molar-refractivity contribution is -0.344. The molecule has 2 amide bonds. The zero-order valence-corrected chi connectivity index (χ0v) is 21.7. The number of halogens is 7. The second kappa shape index (κ2) is 9.00. The van der Waals surface area contributed by atoms with Gasteiger partial charge in [0.25, 0.3) is 5.91 Å². The minimum absolute atomic E-state index is 0.0247. The van der Waals surface area contributed by atoms with E-state index in [1.807, 2.05) is 11.9 Å². The van der Waals surface area contributed by atoms with Gasteiger partial charge in [0.1, 0.15) is 0 Å². The first-order chi connectivity index (χ1) is 16.9. The van der Waals surface area contributed by atoms with Crippen LogP contribution in [-0.2, 0) is 9.59 Å². The number of nitrogens with zero attached hydrogens (tertiary/aromatic N) is 1. The first kappa shape index (κ1) is 28.5. The summed E-state index contributed by atoms with van der Waals surface area (Å²) in [7, 11) is 1.90. The molecule has 4 fully saturated rings. The van der Waals surface area contributed by atoms with Gasteiger partial charge in [-0.25, -0.2) is 0 Å². The molecule has 1 N–H and O–H groups in total. The van der Waals surface area contributed by atoms with Crippen molar-refractivity contribution in [3.63, 3.8) is 0 Å². The van der Waals surface area contributed by atoms with Crippen molar-refractivity contribution in [2.75, 3.05) is 13.6 Å². The number of amides is 2. The number of rotatable bonds is 5. The third kappa shape index (κ3) is 4.15. The van der Waals surface area contributed by atoms with Gasteiger partial charge in [0, 0.05) is 26.1 Å². The monoisotopic (exact) mass is 542 g/mol. The van der Waals surface area contributed by atoms with E-state index in [2.05, 4.69) is 13.8 Å². The Morgan fingerprint density at radius 3 is 2.22 bits per heavy atom. The van der Waals surface area contributed by atoms with Crippen molar-refractivity contribution < 1.29 is 40.3 Å². The average molecular weight is 543 g/mol. The summed E-state index contributed by atoms with van der Waals surface area (Å²) in [5.74, 6) is -13.8. The molecule has 1 saturated heterocycles. The number of hydrogen-bond acceptors (Lipinski definition) is 2. The number of hydrogen-bond donors (Lipinski definition) is 1. The molecular formula is C26H37F7N2O2. The van der Waals surface area contributed by atoms with E-state index in [0.29, 0.717) is 24.2 Å². The summed E-state index contributed by atoms with van der Waals surface area (Å²) in [6, 6.07) is 0.224. The standard InChI is InChI=1S/C26H37F7N2O2/c1-14(13-34-21(37)24(27,28)25(29,30)26(31,32)33)16-6-7-17-15-5-8-19-23(3,12-10-20(36)35(19)4)18(15)9-11-22(16,17)2/h14-19H,5-13H2,1-4H3,(H,34,37)/t14?,15-,16+,17-,18-,19+,22+,23+/m0/s1. The van der Waals surface area contributed by atoms with Crippen LogP contribution in [-0.4, -0.2) is 54.4 Å². The summed E-state index contributed by atoms with van der Waals surface area (Å²) >= 11 is 0. The van der Waals surface area contributed by atoms with E-state index in [1.54, 1.807) is 12.2 Å². The van der Waals surface area contributed by atoms with Crippen LogP contribution in [0.4, 0.5) is 30.7 Å². The first-order valence-electron chi connectivity index (χ1n) is 13.3. The number of piperidine rings is 1. The minimum atomic E-state index is -6.54. The molecule has 3 saturated carbocycles. The van der Waals surface area contributed by atoms with Gasteiger partial charge in [-0.2, -0.15) is 30.7 Å². The third-order valence-corrected chi connectivity index (χ3v) is 10.9. The number of carbonyl (C=O) groups is 2. The molecule has 0 radical (unpaired) electrons. The maximum atomic E-state index is 13.8. The second-order valence-corrected chi connectivity index (χ2v) is 12.5. The van der Waals surface area contributed by atoms with Crippen molar-refractivity contribution in [1.29, 1.82) is 0 Å². The molecule has 37 heavy (non-hydrogen) atoms. The van der Waals surface area contributed by atoms with Crippen molar-refractivity contribution >= 4 is 11.8 Å². The predicted octanol–water partition coefficient (Wildman–Crippen LogP) is 6.05. The van der Waals surface area contributed by atoms with Crippen LogP contribution in [0.15, 0.2) is 0 Å². The van der Waals surface area contributed by atoms with Gasteiger partial charge >= 0.3 is 18.0 Å². The highest BCUT2D eigenvalue weighted by atomic mass is 19.4. The number of nitrogens with one attached hydrogen (secondary N) is 1. The molecule has 11 heteroatoms. The normalized spacial score (nSPS) is 39.5. The van der Waals surface area contributed by atoms with Gasteiger partial charge < -0.3 is 10.2 Å². The molecule has 1 unspecified atom stereocenters. The molecule has 0 bridgehead atoms. The lowest BCUT2D eigenvalue weighted by Crippen LogP contribution is -2.61. The molecule has 212 valence electrons. The molecule has 0 aromatic heterocycles. The summed E-state index contributed by atoms with van der Waals surface area (Å²) in [6.07, 6.45) is 0.390. The van der Waals surface area contributed by atoms with Crippen LogP contribution in [0.2, 0.25) is 0 Å². The maximum Gasteiger partial charge on any atom is 0.460 e. The first-order valence-corrected chi connectivity index (χ1v) is 13.3. The molecule has 1 aliphatic heterocycles. The largest absolute Gasteiger partial charge is 0.460 e. The van der Waals surface area contributed by atoms with Gasteiger partial charge in [-0.05, 0) is 85.4 Å². The molecule has 4 nitrogen and oxygen atoms in total. The topological polar surface area (TPSA) is 49.4 Å². The quantitative estimate of drug-likeness (QED) is 0.430. The summed E-state index contributed by atoms with van der Waals surface area (Å²) in [6.45, 7) is 5.84. The van der Waals surface area contributed by atoms with Crippen LogP contribution in [0.3, 0.4) is 0 Å². The molecule has 3 aliphatic carbocycles. The lowest BCUT2D eigenvalue weighted by Gasteiger charge is -2.62. The number of carbonyl (C=O) groups excluding carboxylic acids is 2. The fourth-order valence-electron chi connectivity index (χ4n) is 8.95. The highest BCUT2D eigenvalue weighted by molar-refractivity contribution is 5.84. The van der Waals surface area contributed by atoms with E-state index in [4.69, 9.17) is 0 Å². The second-order valence-electron chi connectivity index (χ2n) is 12.5. The Kier molecular flexibility index (Phi) is 6.92. The van der Waals surface area contributed by atoms with Gasteiger partial charge in [-0.3, -0.25) is 9.59 Å². The Hall–Kier alpha value is -1.55. The Bertz CT molecular complexity index is 925. The minimum Gasteiger partial charge on any atom is -0.350 e. The van der Waals surface area contributed by atoms with Crippen LogP contribution in [0, 0.1) is 40.4 Å². The van der Waals surface area contributed by atoms with Gasteiger partial charge in [0.2, 0.25) is 5.91 Å². The number of likely N-dealkylation sites (tertiary alicyclic amines) is 1. The van der Waals surface area contributed by atoms with Crippen molar-refractivity contribution in [3.8, 4) is 0 Å². The van der Waals surface area contributed by atoms with Crippen molar-refractivity contribution in [1.82, 2.24) is 10.2 Å². The van der Waals surface area contributed by atoms with E-state index in [-0.39, 0.29) is 34.6 Å². The van der Waals surface area contributed by atoms with Crippen LogP contribution in [0.5, 0.6) is 0 Å². The van der Waals surface area contributed by atoms with Gasteiger partial charge in [-0.15, -0.1) is 0 Å². The van der Waals surface area contributed by atoms with Gasteiger partial charge in [0.15, 0.2) is 0 Å². The van der Waals surface area contributed by atoms with Crippen molar-refractivity contribution in [3.05, 3.63) is 0 Å². The van der Waals surface area contributed by atoms with E-state index >= 15 is 0 Å². The fourth-order valence-corrected chi connectivity index (χ4v) is 8.95. The molecule has 1 heterocycles.